The van der Waals surface area contributed by atoms with Crippen LogP contribution in [0.5, 0.6) is 5.75 Å². The third-order valence-electron chi connectivity index (χ3n) is 5.46. The number of ether oxygens (including phenoxy) is 1. The Labute approximate surface area is 179 Å². The first kappa shape index (κ1) is 22.3. The lowest BCUT2D eigenvalue weighted by molar-refractivity contribution is -0.117. The molecule has 1 heterocycles. The van der Waals surface area contributed by atoms with Gasteiger partial charge in [-0.05, 0) is 43.0 Å². The van der Waals surface area contributed by atoms with Crippen LogP contribution in [-0.2, 0) is 14.8 Å². The lowest BCUT2D eigenvalue weighted by Crippen LogP contribution is -2.35. The second-order valence-corrected chi connectivity index (χ2v) is 9.48. The summed E-state index contributed by atoms with van der Waals surface area (Å²) in [6.45, 7) is 3.06. The van der Waals surface area contributed by atoms with Crippen molar-refractivity contribution in [3.63, 3.8) is 0 Å². The van der Waals surface area contributed by atoms with Crippen LogP contribution in [0, 0.1) is 0 Å². The van der Waals surface area contributed by atoms with Crippen molar-refractivity contribution >= 4 is 21.6 Å². The highest BCUT2D eigenvalue weighted by atomic mass is 32.2. The SMILES string of the molecule is CCC[C@H](C(=O)Nc1ccc(OC)c(S(=O)(=O)N2CCCCC2)c1)c1ccccc1. The van der Waals surface area contributed by atoms with E-state index in [2.05, 4.69) is 5.32 Å². The van der Waals surface area contributed by atoms with Gasteiger partial charge in [-0.1, -0.05) is 50.1 Å². The maximum Gasteiger partial charge on any atom is 0.246 e. The summed E-state index contributed by atoms with van der Waals surface area (Å²) in [5.74, 6) is -0.151. The summed E-state index contributed by atoms with van der Waals surface area (Å²) in [6, 6.07) is 14.4. The van der Waals surface area contributed by atoms with Gasteiger partial charge in [0.15, 0.2) is 0 Å². The number of anilines is 1. The molecule has 2 aromatic carbocycles. The standard InChI is InChI=1S/C23H30N2O4S/c1-3-10-20(18-11-6-4-7-12-18)23(26)24-19-13-14-21(29-2)22(17-19)30(27,28)25-15-8-5-9-16-25/h4,6-7,11-14,17,20H,3,5,8-10,15-16H2,1-2H3,(H,24,26)/t20-/m0/s1. The minimum Gasteiger partial charge on any atom is -0.495 e. The fraction of sp³-hybridized carbons (Fsp3) is 0.435. The highest BCUT2D eigenvalue weighted by molar-refractivity contribution is 7.89. The molecule has 0 saturated carbocycles. The van der Waals surface area contributed by atoms with Gasteiger partial charge in [0.1, 0.15) is 10.6 Å². The maximum absolute atomic E-state index is 13.2. The predicted octanol–water partition coefficient (Wildman–Crippen LogP) is 4.39. The Morgan fingerprint density at radius 2 is 1.80 bits per heavy atom. The van der Waals surface area contributed by atoms with Gasteiger partial charge in [-0.3, -0.25) is 4.79 Å². The molecule has 0 aromatic heterocycles. The third kappa shape index (κ3) is 5.02. The summed E-state index contributed by atoms with van der Waals surface area (Å²) in [6.07, 6.45) is 4.33. The minimum atomic E-state index is -3.69. The number of nitrogens with zero attached hydrogens (tertiary/aromatic N) is 1. The maximum atomic E-state index is 13.2. The molecule has 0 unspecified atom stereocenters. The van der Waals surface area contributed by atoms with Crippen molar-refractivity contribution in [1.29, 1.82) is 0 Å². The van der Waals surface area contributed by atoms with Gasteiger partial charge in [0, 0.05) is 18.8 Å². The molecule has 1 amide bonds. The first-order valence-electron chi connectivity index (χ1n) is 10.5. The van der Waals surface area contributed by atoms with Crippen LogP contribution in [-0.4, -0.2) is 38.8 Å². The van der Waals surface area contributed by atoms with E-state index in [1.807, 2.05) is 37.3 Å². The Bertz CT molecular complexity index is 954. The van der Waals surface area contributed by atoms with Gasteiger partial charge in [-0.15, -0.1) is 0 Å². The number of benzene rings is 2. The monoisotopic (exact) mass is 430 g/mol. The molecule has 0 spiro atoms. The van der Waals surface area contributed by atoms with E-state index in [1.165, 1.54) is 17.5 Å². The summed E-state index contributed by atoms with van der Waals surface area (Å²) in [5.41, 5.74) is 1.40. The molecular weight excluding hydrogens is 400 g/mol. The largest absolute Gasteiger partial charge is 0.495 e. The summed E-state index contributed by atoms with van der Waals surface area (Å²) < 4.78 is 33.2. The van der Waals surface area contributed by atoms with E-state index in [-0.39, 0.29) is 22.5 Å². The zero-order chi connectivity index (χ0) is 21.6. The number of nitrogens with one attached hydrogen (secondary N) is 1. The highest BCUT2D eigenvalue weighted by Gasteiger charge is 2.29. The number of hydrogen-bond donors (Lipinski definition) is 1. The summed E-state index contributed by atoms with van der Waals surface area (Å²) >= 11 is 0. The van der Waals surface area contributed by atoms with Gasteiger partial charge in [0.05, 0.1) is 13.0 Å². The normalized spacial score (nSPS) is 16.1. The van der Waals surface area contributed by atoms with E-state index < -0.39 is 10.0 Å². The van der Waals surface area contributed by atoms with Crippen molar-refractivity contribution in [2.45, 2.75) is 49.8 Å². The topological polar surface area (TPSA) is 75.7 Å². The number of amides is 1. The Morgan fingerprint density at radius 3 is 2.43 bits per heavy atom. The smallest absolute Gasteiger partial charge is 0.246 e. The number of sulfonamides is 1. The zero-order valence-corrected chi connectivity index (χ0v) is 18.5. The first-order chi connectivity index (χ1) is 14.5. The molecule has 30 heavy (non-hydrogen) atoms. The molecule has 1 fully saturated rings. The van der Waals surface area contributed by atoms with Gasteiger partial charge < -0.3 is 10.1 Å². The molecule has 0 aliphatic carbocycles. The molecule has 1 saturated heterocycles. The van der Waals surface area contributed by atoms with E-state index in [0.29, 0.717) is 25.2 Å². The zero-order valence-electron chi connectivity index (χ0n) is 17.6. The molecule has 0 radical (unpaired) electrons. The first-order valence-corrected chi connectivity index (χ1v) is 12.0. The molecule has 6 nitrogen and oxygen atoms in total. The molecule has 1 N–H and O–H groups in total. The van der Waals surface area contributed by atoms with Gasteiger partial charge in [-0.25, -0.2) is 8.42 Å². The Balaban J connectivity index is 1.88. The lowest BCUT2D eigenvalue weighted by atomic mass is 9.93. The number of methoxy groups -OCH3 is 1. The van der Waals surface area contributed by atoms with Crippen molar-refractivity contribution in [3.05, 3.63) is 54.1 Å². The molecule has 7 heteroatoms. The molecule has 162 valence electrons. The average Bonchev–Trinajstić information content (AvgIpc) is 2.78. The molecule has 2 aromatic rings. The molecule has 3 rings (SSSR count). The fourth-order valence-electron chi connectivity index (χ4n) is 3.85. The Morgan fingerprint density at radius 1 is 1.10 bits per heavy atom. The van der Waals surface area contributed by atoms with Gasteiger partial charge in [-0.2, -0.15) is 4.31 Å². The number of carbonyl (C=O) groups excluding carboxylic acids is 1. The second-order valence-electron chi connectivity index (χ2n) is 7.57. The van der Waals surface area contributed by atoms with Crippen molar-refractivity contribution in [3.8, 4) is 5.75 Å². The summed E-state index contributed by atoms with van der Waals surface area (Å²) in [5, 5.41) is 2.91. The van der Waals surface area contributed by atoms with Crippen LogP contribution in [0.2, 0.25) is 0 Å². The molecule has 1 aliphatic rings. The number of hydrogen-bond acceptors (Lipinski definition) is 4. The highest BCUT2D eigenvalue weighted by Crippen LogP contribution is 2.32. The van der Waals surface area contributed by atoms with E-state index in [9.17, 15) is 13.2 Å². The summed E-state index contributed by atoms with van der Waals surface area (Å²) in [7, 11) is -2.23. The molecule has 1 aliphatic heterocycles. The number of carbonyl (C=O) groups is 1. The second kappa shape index (κ2) is 10.1. The van der Waals surface area contributed by atoms with Crippen molar-refractivity contribution in [1.82, 2.24) is 4.31 Å². The van der Waals surface area contributed by atoms with E-state index in [4.69, 9.17) is 4.74 Å². The van der Waals surface area contributed by atoms with Gasteiger partial charge in [0.2, 0.25) is 15.9 Å². The fourth-order valence-corrected chi connectivity index (χ4v) is 5.55. The molecule has 0 bridgehead atoms. The van der Waals surface area contributed by atoms with Gasteiger partial charge in [0.25, 0.3) is 0 Å². The number of piperidine rings is 1. The van der Waals surface area contributed by atoms with Gasteiger partial charge >= 0.3 is 0 Å². The Hall–Kier alpha value is -2.38. The quantitative estimate of drug-likeness (QED) is 0.674. The number of rotatable bonds is 8. The van der Waals surface area contributed by atoms with E-state index in [0.717, 1.165) is 31.2 Å². The van der Waals surface area contributed by atoms with Crippen molar-refractivity contribution in [2.24, 2.45) is 0 Å². The Kier molecular flexibility index (Phi) is 7.50. The van der Waals surface area contributed by atoms with Crippen LogP contribution in [0.1, 0.15) is 50.5 Å². The average molecular weight is 431 g/mol. The summed E-state index contributed by atoms with van der Waals surface area (Å²) in [4.78, 5) is 13.1. The van der Waals surface area contributed by atoms with Crippen LogP contribution in [0.15, 0.2) is 53.4 Å². The van der Waals surface area contributed by atoms with Crippen LogP contribution in [0.3, 0.4) is 0 Å². The lowest BCUT2D eigenvalue weighted by Gasteiger charge is -2.26. The minimum absolute atomic E-state index is 0.0939. The van der Waals surface area contributed by atoms with Crippen LogP contribution in [0.25, 0.3) is 0 Å². The van der Waals surface area contributed by atoms with E-state index >= 15 is 0 Å². The van der Waals surface area contributed by atoms with E-state index in [1.54, 1.807) is 12.1 Å². The third-order valence-corrected chi connectivity index (χ3v) is 7.38. The molecule has 1 atom stereocenters. The van der Waals surface area contributed by atoms with Crippen molar-refractivity contribution < 1.29 is 17.9 Å². The van der Waals surface area contributed by atoms with Crippen molar-refractivity contribution in [2.75, 3.05) is 25.5 Å². The van der Waals surface area contributed by atoms with Crippen LogP contribution < -0.4 is 10.1 Å². The van der Waals surface area contributed by atoms with Crippen LogP contribution >= 0.6 is 0 Å². The van der Waals surface area contributed by atoms with Crippen LogP contribution in [0.4, 0.5) is 5.69 Å². The molecular formula is C23H30N2O4S. The predicted molar refractivity (Wildman–Crippen MR) is 118 cm³/mol.